The highest BCUT2D eigenvalue weighted by Gasteiger charge is 2.31. The predicted octanol–water partition coefficient (Wildman–Crippen LogP) is 3.03. The van der Waals surface area contributed by atoms with Gasteiger partial charge in [-0.3, -0.25) is 14.4 Å². The summed E-state index contributed by atoms with van der Waals surface area (Å²) in [6, 6.07) is 7.15. The number of rotatable bonds is 6. The van der Waals surface area contributed by atoms with Gasteiger partial charge in [0.25, 0.3) is 11.8 Å². The zero-order valence-corrected chi connectivity index (χ0v) is 17.9. The first-order chi connectivity index (χ1) is 14.8. The van der Waals surface area contributed by atoms with E-state index in [0.29, 0.717) is 37.3 Å². The van der Waals surface area contributed by atoms with Crippen LogP contribution in [0, 0.1) is 11.7 Å². The number of amides is 2. The molecule has 0 bridgehead atoms. The first-order valence-electron chi connectivity index (χ1n) is 10.4. The van der Waals surface area contributed by atoms with Gasteiger partial charge in [0.2, 0.25) is 0 Å². The van der Waals surface area contributed by atoms with Crippen LogP contribution in [0.25, 0.3) is 0 Å². The lowest BCUT2D eigenvalue weighted by Crippen LogP contribution is -2.41. The van der Waals surface area contributed by atoms with Crippen LogP contribution < -0.4 is 5.32 Å². The first kappa shape index (κ1) is 22.5. The van der Waals surface area contributed by atoms with Gasteiger partial charge in [0.05, 0.1) is 12.1 Å². The zero-order chi connectivity index (χ0) is 22.5. The Hall–Kier alpha value is -3.23. The third kappa shape index (κ3) is 5.48. The Bertz CT molecular complexity index is 933. The molecular weight excluding hydrogens is 403 g/mol. The maximum atomic E-state index is 13.0. The molecule has 1 N–H and O–H groups in total. The van der Waals surface area contributed by atoms with E-state index in [2.05, 4.69) is 10.4 Å². The second-order valence-corrected chi connectivity index (χ2v) is 7.90. The number of ether oxygens (including phenoxy) is 1. The van der Waals surface area contributed by atoms with Crippen LogP contribution in [0.15, 0.2) is 36.5 Å². The second kappa shape index (κ2) is 9.72. The molecule has 1 aliphatic heterocycles. The molecule has 0 saturated carbocycles. The molecular formula is C22H27FN4O4. The molecule has 0 unspecified atom stereocenters. The Morgan fingerprint density at radius 1 is 1.10 bits per heavy atom. The summed E-state index contributed by atoms with van der Waals surface area (Å²) in [6.45, 7) is 6.20. The molecule has 2 amide bonds. The number of carbonyl (C=O) groups is 3. The topological polar surface area (TPSA) is 93.5 Å². The molecule has 1 aliphatic rings. The minimum absolute atomic E-state index is 0.0750. The van der Waals surface area contributed by atoms with Crippen molar-refractivity contribution in [1.82, 2.24) is 14.7 Å². The van der Waals surface area contributed by atoms with Crippen molar-refractivity contribution in [2.75, 3.05) is 18.4 Å². The van der Waals surface area contributed by atoms with Gasteiger partial charge in [0, 0.05) is 30.8 Å². The molecule has 8 nitrogen and oxygen atoms in total. The van der Waals surface area contributed by atoms with Crippen LogP contribution in [-0.2, 0) is 14.3 Å². The summed E-state index contributed by atoms with van der Waals surface area (Å²) in [5, 5.41) is 6.88. The van der Waals surface area contributed by atoms with Crippen LogP contribution >= 0.6 is 0 Å². The van der Waals surface area contributed by atoms with Crippen molar-refractivity contribution in [2.24, 2.45) is 5.92 Å². The van der Waals surface area contributed by atoms with Gasteiger partial charge in [-0.2, -0.15) is 5.10 Å². The van der Waals surface area contributed by atoms with Crippen LogP contribution in [-0.4, -0.2) is 51.7 Å². The monoisotopic (exact) mass is 430 g/mol. The van der Waals surface area contributed by atoms with Gasteiger partial charge >= 0.3 is 5.97 Å². The third-order valence-corrected chi connectivity index (χ3v) is 5.28. The Balaban J connectivity index is 1.49. The largest absolute Gasteiger partial charge is 0.452 e. The van der Waals surface area contributed by atoms with Crippen molar-refractivity contribution < 1.29 is 23.5 Å². The van der Waals surface area contributed by atoms with Gasteiger partial charge in [-0.25, -0.2) is 9.07 Å². The highest BCUT2D eigenvalue weighted by atomic mass is 19.1. The number of anilines is 1. The summed E-state index contributed by atoms with van der Waals surface area (Å²) in [5.41, 5.74) is 0.411. The molecule has 1 saturated heterocycles. The Labute approximate surface area is 180 Å². The average Bonchev–Trinajstić information content (AvgIpc) is 3.22. The van der Waals surface area contributed by atoms with E-state index in [0.717, 1.165) is 0 Å². The number of benzene rings is 1. The number of aromatic nitrogens is 2. The number of nitrogens with one attached hydrogen (secondary N) is 1. The lowest BCUT2D eigenvalue weighted by molar-refractivity contribution is -0.158. The summed E-state index contributed by atoms with van der Waals surface area (Å²) >= 11 is 0. The number of piperidine rings is 1. The lowest BCUT2D eigenvalue weighted by atomic mass is 9.96. The van der Waals surface area contributed by atoms with Crippen molar-refractivity contribution in [3.63, 3.8) is 0 Å². The second-order valence-electron chi connectivity index (χ2n) is 7.90. The molecule has 1 aromatic carbocycles. The zero-order valence-electron chi connectivity index (χ0n) is 17.9. The molecule has 2 aromatic rings. The van der Waals surface area contributed by atoms with Crippen molar-refractivity contribution in [2.45, 2.75) is 45.8 Å². The number of likely N-dealkylation sites (tertiary alicyclic amines) is 1. The predicted molar refractivity (Wildman–Crippen MR) is 112 cm³/mol. The fraction of sp³-hybridized carbons (Fsp3) is 0.455. The highest BCUT2D eigenvalue weighted by molar-refractivity contribution is 5.95. The third-order valence-electron chi connectivity index (χ3n) is 5.28. The summed E-state index contributed by atoms with van der Waals surface area (Å²) in [7, 11) is 0. The van der Waals surface area contributed by atoms with Gasteiger partial charge < -0.3 is 15.0 Å². The van der Waals surface area contributed by atoms with E-state index in [4.69, 9.17) is 4.74 Å². The summed E-state index contributed by atoms with van der Waals surface area (Å²) in [6.07, 6.45) is 1.52. The summed E-state index contributed by atoms with van der Waals surface area (Å²) in [4.78, 5) is 39.1. The van der Waals surface area contributed by atoms with Crippen LogP contribution in [0.3, 0.4) is 0 Å². The molecule has 3 rings (SSSR count). The molecule has 0 radical (unpaired) electrons. The Kier molecular flexibility index (Phi) is 7.04. The minimum atomic E-state index is -0.957. The Morgan fingerprint density at radius 2 is 1.74 bits per heavy atom. The molecule has 2 heterocycles. The standard InChI is InChI=1S/C22H27FN4O4/c1-14(2)27-19(8-11-24-27)25-20(28)15(3)31-22(30)17-9-12-26(13-10-17)21(29)16-4-6-18(23)7-5-16/h4-8,11,14-15,17H,9-10,12-13H2,1-3H3,(H,25,28)/t15-/m1/s1. The quantitative estimate of drug-likeness (QED) is 0.711. The van der Waals surface area contributed by atoms with E-state index in [1.54, 1.807) is 21.8 Å². The molecule has 1 aromatic heterocycles. The lowest BCUT2D eigenvalue weighted by Gasteiger charge is -2.31. The van der Waals surface area contributed by atoms with Crippen molar-refractivity contribution in [3.8, 4) is 0 Å². The van der Waals surface area contributed by atoms with E-state index in [9.17, 15) is 18.8 Å². The van der Waals surface area contributed by atoms with Crippen molar-refractivity contribution >= 4 is 23.6 Å². The van der Waals surface area contributed by atoms with Gasteiger partial charge in [-0.05, 0) is 57.9 Å². The van der Waals surface area contributed by atoms with Crippen molar-refractivity contribution in [1.29, 1.82) is 0 Å². The number of hydrogen-bond donors (Lipinski definition) is 1. The number of halogens is 1. The molecule has 1 fully saturated rings. The van der Waals surface area contributed by atoms with Gasteiger partial charge in [-0.1, -0.05) is 0 Å². The Morgan fingerprint density at radius 3 is 2.35 bits per heavy atom. The van der Waals surface area contributed by atoms with E-state index < -0.39 is 23.8 Å². The number of carbonyl (C=O) groups excluding carboxylic acids is 3. The SMILES string of the molecule is CC(C)n1nccc1NC(=O)[C@@H](C)OC(=O)C1CCN(C(=O)c2ccc(F)cc2)CC1. The molecule has 0 aliphatic carbocycles. The maximum absolute atomic E-state index is 13.0. The van der Waals surface area contributed by atoms with Gasteiger partial charge in [-0.15, -0.1) is 0 Å². The van der Waals surface area contributed by atoms with Crippen LogP contribution in [0.2, 0.25) is 0 Å². The minimum Gasteiger partial charge on any atom is -0.452 e. The van der Waals surface area contributed by atoms with E-state index in [1.165, 1.54) is 31.2 Å². The van der Waals surface area contributed by atoms with Crippen LogP contribution in [0.4, 0.5) is 10.2 Å². The molecule has 31 heavy (non-hydrogen) atoms. The first-order valence-corrected chi connectivity index (χ1v) is 10.4. The molecule has 166 valence electrons. The van der Waals surface area contributed by atoms with Gasteiger partial charge in [0.1, 0.15) is 11.6 Å². The average molecular weight is 430 g/mol. The number of esters is 1. The summed E-state index contributed by atoms with van der Waals surface area (Å²) in [5.74, 6) is -1.32. The fourth-order valence-electron chi connectivity index (χ4n) is 3.47. The van der Waals surface area contributed by atoms with E-state index >= 15 is 0 Å². The molecule has 1 atom stereocenters. The highest BCUT2D eigenvalue weighted by Crippen LogP contribution is 2.21. The van der Waals surface area contributed by atoms with Crippen LogP contribution in [0.1, 0.15) is 50.0 Å². The molecule has 0 spiro atoms. The smallest absolute Gasteiger partial charge is 0.309 e. The van der Waals surface area contributed by atoms with Crippen molar-refractivity contribution in [3.05, 3.63) is 47.9 Å². The van der Waals surface area contributed by atoms with E-state index in [-0.39, 0.29) is 17.9 Å². The fourth-order valence-corrected chi connectivity index (χ4v) is 3.47. The summed E-state index contributed by atoms with van der Waals surface area (Å²) < 4.78 is 20.1. The van der Waals surface area contributed by atoms with Crippen LogP contribution in [0.5, 0.6) is 0 Å². The van der Waals surface area contributed by atoms with Gasteiger partial charge in [0.15, 0.2) is 6.10 Å². The number of nitrogens with zero attached hydrogens (tertiary/aromatic N) is 3. The number of hydrogen-bond acceptors (Lipinski definition) is 5. The molecule has 9 heteroatoms. The normalized spacial score (nSPS) is 15.6. The van der Waals surface area contributed by atoms with E-state index in [1.807, 2.05) is 13.8 Å². The maximum Gasteiger partial charge on any atom is 0.309 e.